The second kappa shape index (κ2) is 8.00. The number of ether oxygens (including phenoxy) is 4. The van der Waals surface area contributed by atoms with E-state index in [0.717, 1.165) is 0 Å². The van der Waals surface area contributed by atoms with Crippen LogP contribution in [0, 0.1) is 0 Å². The number of methoxy groups -OCH3 is 3. The number of rotatable bonds is 5. The van der Waals surface area contributed by atoms with Crippen molar-refractivity contribution in [1.82, 2.24) is 0 Å². The molecule has 0 saturated heterocycles. The van der Waals surface area contributed by atoms with E-state index in [2.05, 4.69) is 4.99 Å². The normalized spacial score (nSPS) is 14.7. The average Bonchev–Trinajstić information content (AvgIpc) is 3.04. The number of nitrogens with zero attached hydrogens (tertiary/aromatic N) is 1. The van der Waals surface area contributed by atoms with Crippen molar-refractivity contribution in [1.29, 1.82) is 0 Å². The number of hydrogen-bond donors (Lipinski definition) is 1. The number of benzene rings is 2. The van der Waals surface area contributed by atoms with E-state index in [-0.39, 0.29) is 27.9 Å². The third-order valence-electron chi connectivity index (χ3n) is 3.88. The second-order valence-electron chi connectivity index (χ2n) is 5.58. The maximum Gasteiger partial charge on any atom is 0.363 e. The Morgan fingerprint density at radius 3 is 2.25 bits per heavy atom. The summed E-state index contributed by atoms with van der Waals surface area (Å²) in [6.07, 6.45) is 1.33. The van der Waals surface area contributed by atoms with Crippen LogP contribution in [0.2, 0.25) is 10.0 Å². The van der Waals surface area contributed by atoms with Crippen LogP contribution in [-0.4, -0.2) is 38.3 Å². The summed E-state index contributed by atoms with van der Waals surface area (Å²) in [6, 6.07) is 6.04. The first-order valence-electron chi connectivity index (χ1n) is 7.89. The standard InChI is InChI=1S/C19H15Cl2NO6/c1-25-14-6-10(7-15(26-2)17(14)27-3)18-22-13(19(24)28-18)5-9-4-11(20)8-12(21)16(9)23/h4-8,23H,1-3H3/b13-5-. The van der Waals surface area contributed by atoms with Crippen LogP contribution in [0.4, 0.5) is 0 Å². The fraction of sp³-hybridized carbons (Fsp3) is 0.158. The first-order valence-corrected chi connectivity index (χ1v) is 8.64. The Bertz CT molecular complexity index is 991. The van der Waals surface area contributed by atoms with E-state index in [1.165, 1.54) is 39.5 Å². The van der Waals surface area contributed by atoms with Gasteiger partial charge in [0.1, 0.15) is 5.75 Å². The quantitative estimate of drug-likeness (QED) is 0.575. The van der Waals surface area contributed by atoms with Gasteiger partial charge in [0, 0.05) is 16.1 Å². The number of hydrogen-bond acceptors (Lipinski definition) is 7. The van der Waals surface area contributed by atoms with Gasteiger partial charge in [-0.3, -0.25) is 0 Å². The van der Waals surface area contributed by atoms with Gasteiger partial charge in [-0.2, -0.15) is 0 Å². The maximum atomic E-state index is 12.2. The highest BCUT2D eigenvalue weighted by molar-refractivity contribution is 6.36. The minimum atomic E-state index is -0.695. The summed E-state index contributed by atoms with van der Waals surface area (Å²) in [6.45, 7) is 0. The van der Waals surface area contributed by atoms with Crippen LogP contribution in [0.25, 0.3) is 6.08 Å². The molecule has 0 fully saturated rings. The van der Waals surface area contributed by atoms with Gasteiger partial charge < -0.3 is 24.1 Å². The fourth-order valence-corrected chi connectivity index (χ4v) is 3.09. The predicted molar refractivity (Wildman–Crippen MR) is 105 cm³/mol. The lowest BCUT2D eigenvalue weighted by atomic mass is 10.1. The van der Waals surface area contributed by atoms with E-state index < -0.39 is 5.97 Å². The van der Waals surface area contributed by atoms with Crippen molar-refractivity contribution in [3.63, 3.8) is 0 Å². The number of carbonyl (C=O) groups excluding carboxylic acids is 1. The molecule has 1 heterocycles. The first kappa shape index (κ1) is 19.9. The molecule has 0 unspecified atom stereocenters. The van der Waals surface area contributed by atoms with Gasteiger partial charge in [-0.15, -0.1) is 0 Å². The predicted octanol–water partition coefficient (Wildman–Crippen LogP) is 4.07. The first-order chi connectivity index (χ1) is 13.4. The zero-order chi connectivity index (χ0) is 20.4. The number of aliphatic imine (C=N–C) groups is 1. The molecule has 9 heteroatoms. The lowest BCUT2D eigenvalue weighted by Gasteiger charge is -2.13. The SMILES string of the molecule is COc1cc(C2=N/C(=C\c3cc(Cl)cc(Cl)c3O)C(=O)O2)cc(OC)c1OC. The Labute approximate surface area is 170 Å². The molecule has 2 aromatic rings. The number of aromatic hydroxyl groups is 1. The van der Waals surface area contributed by atoms with Crippen LogP contribution in [-0.2, 0) is 9.53 Å². The topological polar surface area (TPSA) is 86.6 Å². The number of esters is 1. The molecule has 1 aliphatic rings. The lowest BCUT2D eigenvalue weighted by molar-refractivity contribution is -0.129. The van der Waals surface area contributed by atoms with Crippen LogP contribution in [0.3, 0.4) is 0 Å². The number of carbonyl (C=O) groups is 1. The lowest BCUT2D eigenvalue weighted by Crippen LogP contribution is -2.06. The molecular formula is C19H15Cl2NO6. The van der Waals surface area contributed by atoms with Crippen molar-refractivity contribution in [3.8, 4) is 23.0 Å². The fourth-order valence-electron chi connectivity index (χ4n) is 2.58. The Kier molecular flexibility index (Phi) is 5.67. The molecule has 0 aromatic heterocycles. The summed E-state index contributed by atoms with van der Waals surface area (Å²) in [5.74, 6) is 0.290. The molecule has 0 saturated carbocycles. The van der Waals surface area contributed by atoms with Gasteiger partial charge in [0.15, 0.2) is 17.2 Å². The van der Waals surface area contributed by atoms with Crippen molar-refractivity contribution in [2.24, 2.45) is 4.99 Å². The number of phenolic OH excluding ortho intramolecular Hbond substituents is 1. The van der Waals surface area contributed by atoms with Crippen LogP contribution in [0.5, 0.6) is 23.0 Å². The second-order valence-corrected chi connectivity index (χ2v) is 6.42. The van der Waals surface area contributed by atoms with Crippen LogP contribution < -0.4 is 14.2 Å². The molecule has 28 heavy (non-hydrogen) atoms. The van der Waals surface area contributed by atoms with Gasteiger partial charge in [0.2, 0.25) is 11.6 Å². The van der Waals surface area contributed by atoms with Crippen molar-refractivity contribution < 1.29 is 28.8 Å². The Morgan fingerprint density at radius 1 is 1.04 bits per heavy atom. The van der Waals surface area contributed by atoms with Crippen LogP contribution >= 0.6 is 23.2 Å². The van der Waals surface area contributed by atoms with Crippen molar-refractivity contribution in [2.75, 3.05) is 21.3 Å². The smallest absolute Gasteiger partial charge is 0.363 e. The van der Waals surface area contributed by atoms with E-state index in [4.69, 9.17) is 42.1 Å². The molecule has 2 aromatic carbocycles. The molecule has 0 atom stereocenters. The summed E-state index contributed by atoms with van der Waals surface area (Å²) in [7, 11) is 4.43. The van der Waals surface area contributed by atoms with Crippen molar-refractivity contribution >= 4 is 41.1 Å². The van der Waals surface area contributed by atoms with Crippen LogP contribution in [0.1, 0.15) is 11.1 Å². The number of halogens is 2. The van der Waals surface area contributed by atoms with E-state index in [9.17, 15) is 9.90 Å². The molecular weight excluding hydrogens is 409 g/mol. The minimum absolute atomic E-state index is 0.0302. The number of cyclic esters (lactones) is 1. The highest BCUT2D eigenvalue weighted by atomic mass is 35.5. The van der Waals surface area contributed by atoms with E-state index in [0.29, 0.717) is 27.8 Å². The largest absolute Gasteiger partial charge is 0.506 e. The summed E-state index contributed by atoms with van der Waals surface area (Å²) in [4.78, 5) is 16.4. The molecule has 3 rings (SSSR count). The van der Waals surface area contributed by atoms with Gasteiger partial charge >= 0.3 is 5.97 Å². The van der Waals surface area contributed by atoms with Gasteiger partial charge in [-0.05, 0) is 30.3 Å². The molecule has 1 N–H and O–H groups in total. The zero-order valence-corrected chi connectivity index (χ0v) is 16.6. The summed E-state index contributed by atoms with van der Waals surface area (Å²) in [5.41, 5.74) is 0.649. The monoisotopic (exact) mass is 423 g/mol. The third kappa shape index (κ3) is 3.72. The molecule has 0 radical (unpaired) electrons. The van der Waals surface area contributed by atoms with E-state index >= 15 is 0 Å². The molecule has 7 nitrogen and oxygen atoms in total. The van der Waals surface area contributed by atoms with Gasteiger partial charge in [0.25, 0.3) is 0 Å². The molecule has 0 amide bonds. The molecule has 0 aliphatic carbocycles. The highest BCUT2D eigenvalue weighted by Gasteiger charge is 2.27. The summed E-state index contributed by atoms with van der Waals surface area (Å²) >= 11 is 11.9. The Hall–Kier alpha value is -2.90. The van der Waals surface area contributed by atoms with Crippen molar-refractivity contribution in [3.05, 3.63) is 51.1 Å². The van der Waals surface area contributed by atoms with E-state index in [1.54, 1.807) is 12.1 Å². The van der Waals surface area contributed by atoms with Crippen LogP contribution in [0.15, 0.2) is 35.0 Å². The molecule has 146 valence electrons. The summed E-state index contributed by atoms with van der Waals surface area (Å²) in [5, 5.41) is 10.4. The minimum Gasteiger partial charge on any atom is -0.506 e. The maximum absolute atomic E-state index is 12.2. The van der Waals surface area contributed by atoms with E-state index in [1.807, 2.05) is 0 Å². The number of phenols is 1. The third-order valence-corrected chi connectivity index (χ3v) is 4.39. The Morgan fingerprint density at radius 2 is 1.68 bits per heavy atom. The zero-order valence-electron chi connectivity index (χ0n) is 15.1. The average molecular weight is 424 g/mol. The molecule has 0 spiro atoms. The molecule has 1 aliphatic heterocycles. The molecule has 0 bridgehead atoms. The highest BCUT2D eigenvalue weighted by Crippen LogP contribution is 2.39. The van der Waals surface area contributed by atoms with Crippen molar-refractivity contribution in [2.45, 2.75) is 0 Å². The van der Waals surface area contributed by atoms with Gasteiger partial charge in [-0.1, -0.05) is 23.2 Å². The Balaban J connectivity index is 2.06. The van der Waals surface area contributed by atoms with Gasteiger partial charge in [-0.25, -0.2) is 9.79 Å². The van der Waals surface area contributed by atoms with Gasteiger partial charge in [0.05, 0.1) is 26.4 Å². The summed E-state index contributed by atoms with van der Waals surface area (Å²) < 4.78 is 21.1.